The summed E-state index contributed by atoms with van der Waals surface area (Å²) in [4.78, 5) is 0. The Balaban J connectivity index is 2.84. The molecule has 0 saturated heterocycles. The maximum Gasteiger partial charge on any atom is 0.407 e. The minimum atomic E-state index is -4.64. The monoisotopic (exact) mass is 270 g/mol. The fourth-order valence-electron chi connectivity index (χ4n) is 1.23. The van der Waals surface area contributed by atoms with Gasteiger partial charge in [-0.25, -0.2) is 0 Å². The van der Waals surface area contributed by atoms with E-state index in [0.717, 1.165) is 6.07 Å². The molecule has 1 rings (SSSR count). The predicted molar refractivity (Wildman–Crippen MR) is 58.4 cm³/mol. The molecule has 4 nitrogen and oxygen atoms in total. The lowest BCUT2D eigenvalue weighted by molar-refractivity contribution is -0.165. The highest BCUT2D eigenvalue weighted by molar-refractivity contribution is 5.46. The zero-order valence-electron chi connectivity index (χ0n) is 9.86. The molecule has 100 valence electrons. The first-order valence-corrected chi connectivity index (χ1v) is 5.09. The molecule has 19 heavy (non-hydrogen) atoms. The number of nitrogens with zero attached hydrogens (tertiary/aromatic N) is 2. The van der Waals surface area contributed by atoms with Gasteiger partial charge in [0.15, 0.2) is 17.4 Å². The molecule has 1 unspecified atom stereocenters. The van der Waals surface area contributed by atoms with E-state index in [-0.39, 0.29) is 17.1 Å². The molecule has 0 aliphatic carbocycles. The summed E-state index contributed by atoms with van der Waals surface area (Å²) in [6.45, 7) is -0.831. The predicted octanol–water partition coefficient (Wildman–Crippen LogP) is 2.65. The Kier molecular flexibility index (Phi) is 4.60. The molecule has 0 radical (unpaired) electrons. The molecule has 0 fully saturated rings. The number of hydrogen-bond acceptors (Lipinski definition) is 4. The zero-order chi connectivity index (χ0) is 14.5. The van der Waals surface area contributed by atoms with Crippen molar-refractivity contribution in [3.8, 4) is 23.6 Å². The summed E-state index contributed by atoms with van der Waals surface area (Å²) in [5.41, 5.74) is 0.289. The summed E-state index contributed by atoms with van der Waals surface area (Å²) in [5.74, 6) is -2.03. The molecule has 0 aromatic heterocycles. The lowest BCUT2D eigenvalue weighted by Gasteiger charge is -2.15. The van der Waals surface area contributed by atoms with Crippen LogP contribution in [0.4, 0.5) is 13.2 Å². The minimum Gasteiger partial charge on any atom is -0.493 e. The van der Waals surface area contributed by atoms with Crippen LogP contribution in [0.5, 0.6) is 11.5 Å². The number of nitriles is 2. The van der Waals surface area contributed by atoms with Crippen LogP contribution in [0.1, 0.15) is 5.56 Å². The Labute approximate surface area is 107 Å². The van der Waals surface area contributed by atoms with Crippen molar-refractivity contribution in [2.45, 2.75) is 6.18 Å². The van der Waals surface area contributed by atoms with E-state index in [0.29, 0.717) is 0 Å². The Morgan fingerprint density at radius 1 is 1.26 bits per heavy atom. The van der Waals surface area contributed by atoms with E-state index in [1.54, 1.807) is 0 Å². The molecule has 0 aliphatic rings. The van der Waals surface area contributed by atoms with Crippen LogP contribution in [0.25, 0.3) is 0 Å². The van der Waals surface area contributed by atoms with Crippen LogP contribution in [0.15, 0.2) is 18.2 Å². The molecule has 0 saturated carbocycles. The molecule has 0 N–H and O–H groups in total. The van der Waals surface area contributed by atoms with E-state index in [1.165, 1.54) is 25.3 Å². The fraction of sp³-hybridized carbons (Fsp3) is 0.333. The summed E-state index contributed by atoms with van der Waals surface area (Å²) in [5, 5.41) is 17.1. The van der Waals surface area contributed by atoms with Gasteiger partial charge in [-0.1, -0.05) is 0 Å². The molecule has 1 atom stereocenters. The van der Waals surface area contributed by atoms with Crippen LogP contribution < -0.4 is 9.47 Å². The van der Waals surface area contributed by atoms with Crippen molar-refractivity contribution in [2.24, 2.45) is 5.92 Å². The molecular formula is C12H9F3N2O2. The van der Waals surface area contributed by atoms with Gasteiger partial charge in [-0.15, -0.1) is 0 Å². The molecular weight excluding hydrogens is 261 g/mol. The maximum absolute atomic E-state index is 12.3. The van der Waals surface area contributed by atoms with E-state index < -0.39 is 18.7 Å². The molecule has 7 heteroatoms. The first-order valence-electron chi connectivity index (χ1n) is 5.09. The van der Waals surface area contributed by atoms with E-state index in [4.69, 9.17) is 20.0 Å². The number of hydrogen-bond donors (Lipinski definition) is 0. The number of rotatable bonds is 4. The van der Waals surface area contributed by atoms with Crippen LogP contribution in [-0.2, 0) is 0 Å². The van der Waals surface area contributed by atoms with Gasteiger partial charge in [-0.05, 0) is 12.1 Å². The third-order valence-corrected chi connectivity index (χ3v) is 2.25. The van der Waals surface area contributed by atoms with Gasteiger partial charge in [-0.3, -0.25) is 0 Å². The van der Waals surface area contributed by atoms with Crippen molar-refractivity contribution >= 4 is 0 Å². The molecule has 0 aliphatic heterocycles. The van der Waals surface area contributed by atoms with Crippen LogP contribution >= 0.6 is 0 Å². The third-order valence-electron chi connectivity index (χ3n) is 2.25. The van der Waals surface area contributed by atoms with Gasteiger partial charge >= 0.3 is 6.18 Å². The second-order valence-corrected chi connectivity index (χ2v) is 3.51. The summed E-state index contributed by atoms with van der Waals surface area (Å²) in [6.07, 6.45) is -4.64. The van der Waals surface area contributed by atoms with E-state index in [1.807, 2.05) is 6.07 Å². The standard InChI is InChI=1S/C12H9F3N2O2/c1-18-11-4-8(5-16)2-3-10(11)19-7-9(6-17)12(13,14)15/h2-4,9H,7H2,1H3. The molecule has 1 aromatic carbocycles. The Morgan fingerprint density at radius 3 is 2.42 bits per heavy atom. The largest absolute Gasteiger partial charge is 0.493 e. The number of ether oxygens (including phenoxy) is 2. The summed E-state index contributed by atoms with van der Waals surface area (Å²) < 4.78 is 46.9. The molecule has 0 heterocycles. The van der Waals surface area contributed by atoms with Gasteiger partial charge in [0.2, 0.25) is 0 Å². The number of benzene rings is 1. The smallest absolute Gasteiger partial charge is 0.407 e. The summed E-state index contributed by atoms with van der Waals surface area (Å²) >= 11 is 0. The molecule has 0 bridgehead atoms. The number of halogens is 3. The Bertz CT molecular complexity index is 529. The van der Waals surface area contributed by atoms with Gasteiger partial charge in [0.25, 0.3) is 0 Å². The second-order valence-electron chi connectivity index (χ2n) is 3.51. The van der Waals surface area contributed by atoms with E-state index >= 15 is 0 Å². The normalized spacial score (nSPS) is 12.1. The van der Waals surface area contributed by atoms with E-state index in [2.05, 4.69) is 0 Å². The van der Waals surface area contributed by atoms with Gasteiger partial charge < -0.3 is 9.47 Å². The topological polar surface area (TPSA) is 66.0 Å². The highest BCUT2D eigenvalue weighted by Crippen LogP contribution is 2.31. The average Bonchev–Trinajstić information content (AvgIpc) is 2.38. The van der Waals surface area contributed by atoms with Gasteiger partial charge in [0.05, 0.1) is 24.8 Å². The highest BCUT2D eigenvalue weighted by Gasteiger charge is 2.40. The van der Waals surface area contributed by atoms with Crippen molar-refractivity contribution in [2.75, 3.05) is 13.7 Å². The fourth-order valence-corrected chi connectivity index (χ4v) is 1.23. The van der Waals surface area contributed by atoms with Crippen LogP contribution in [-0.4, -0.2) is 19.9 Å². The van der Waals surface area contributed by atoms with Gasteiger partial charge in [-0.2, -0.15) is 23.7 Å². The SMILES string of the molecule is COc1cc(C#N)ccc1OCC(C#N)C(F)(F)F. The van der Waals surface area contributed by atoms with Crippen LogP contribution in [0, 0.1) is 28.6 Å². The first-order chi connectivity index (χ1) is 8.92. The van der Waals surface area contributed by atoms with Crippen molar-refractivity contribution in [3.05, 3.63) is 23.8 Å². The molecule has 0 spiro atoms. The van der Waals surface area contributed by atoms with Crippen LogP contribution in [0.2, 0.25) is 0 Å². The first kappa shape index (κ1) is 14.7. The quantitative estimate of drug-likeness (QED) is 0.843. The van der Waals surface area contributed by atoms with Crippen molar-refractivity contribution in [3.63, 3.8) is 0 Å². The average molecular weight is 270 g/mol. The minimum absolute atomic E-state index is 0.0472. The zero-order valence-corrected chi connectivity index (χ0v) is 9.86. The molecule has 0 amide bonds. The van der Waals surface area contributed by atoms with Gasteiger partial charge in [0.1, 0.15) is 6.61 Å². The Hall–Kier alpha value is -2.41. The second kappa shape index (κ2) is 5.96. The van der Waals surface area contributed by atoms with Gasteiger partial charge in [0, 0.05) is 6.07 Å². The summed E-state index contributed by atoms with van der Waals surface area (Å²) in [6, 6.07) is 7.03. The van der Waals surface area contributed by atoms with Crippen molar-refractivity contribution in [1.29, 1.82) is 10.5 Å². The van der Waals surface area contributed by atoms with Crippen molar-refractivity contribution in [1.82, 2.24) is 0 Å². The van der Waals surface area contributed by atoms with E-state index in [9.17, 15) is 13.2 Å². The third kappa shape index (κ3) is 3.78. The highest BCUT2D eigenvalue weighted by atomic mass is 19.4. The lowest BCUT2D eigenvalue weighted by Crippen LogP contribution is -2.27. The van der Waals surface area contributed by atoms with Crippen molar-refractivity contribution < 1.29 is 22.6 Å². The number of methoxy groups -OCH3 is 1. The summed E-state index contributed by atoms with van der Waals surface area (Å²) in [7, 11) is 1.30. The van der Waals surface area contributed by atoms with Crippen LogP contribution in [0.3, 0.4) is 0 Å². The number of alkyl halides is 3. The molecule has 1 aromatic rings. The lowest BCUT2D eigenvalue weighted by atomic mass is 10.2. The Morgan fingerprint density at radius 2 is 1.95 bits per heavy atom. The maximum atomic E-state index is 12.3.